The molecular formula is C18H17NO4. The number of aliphatic hydroxyl groups excluding tert-OH is 1. The van der Waals surface area contributed by atoms with Crippen molar-refractivity contribution in [3.8, 4) is 5.75 Å². The van der Waals surface area contributed by atoms with Crippen molar-refractivity contribution in [1.29, 1.82) is 0 Å². The number of carbonyl (C=O) groups is 2. The number of aliphatic hydroxyl groups is 1. The highest BCUT2D eigenvalue weighted by Gasteiger charge is 2.51. The molecule has 3 rings (SSSR count). The molecule has 5 nitrogen and oxygen atoms in total. The number of ether oxygens (including phenoxy) is 1. The lowest BCUT2D eigenvalue weighted by Crippen LogP contribution is -2.44. The molecule has 0 saturated carbocycles. The van der Waals surface area contributed by atoms with Crippen LogP contribution in [0.1, 0.15) is 15.9 Å². The Balaban J connectivity index is 1.93. The first kappa shape index (κ1) is 15.2. The highest BCUT2D eigenvalue weighted by atomic mass is 16.5. The topological polar surface area (TPSA) is 75.6 Å². The summed E-state index contributed by atoms with van der Waals surface area (Å²) in [5.41, 5.74) is 0.284. The van der Waals surface area contributed by atoms with Crippen molar-refractivity contribution in [3.63, 3.8) is 0 Å². The van der Waals surface area contributed by atoms with Crippen LogP contribution in [-0.2, 0) is 11.2 Å². The fourth-order valence-electron chi connectivity index (χ4n) is 2.87. The van der Waals surface area contributed by atoms with Gasteiger partial charge in [0.25, 0.3) is 0 Å². The number of ketones is 1. The van der Waals surface area contributed by atoms with E-state index in [-0.39, 0.29) is 12.2 Å². The molecule has 5 heteroatoms. The summed E-state index contributed by atoms with van der Waals surface area (Å²) in [7, 11) is 1.52. The van der Waals surface area contributed by atoms with Crippen LogP contribution in [0.15, 0.2) is 48.5 Å². The van der Waals surface area contributed by atoms with E-state index in [2.05, 4.69) is 5.32 Å². The smallest absolute Gasteiger partial charge is 0.241 e. The molecule has 1 aliphatic carbocycles. The SMILES string of the molecule is COc1ccc2c(c1)C(=O)C(CO)(C(=O)Nc1ccccc1)C2. The summed E-state index contributed by atoms with van der Waals surface area (Å²) in [6.45, 7) is -0.540. The minimum absolute atomic E-state index is 0.181. The van der Waals surface area contributed by atoms with Crippen molar-refractivity contribution >= 4 is 17.4 Å². The molecule has 2 N–H and O–H groups in total. The molecule has 0 radical (unpaired) electrons. The van der Waals surface area contributed by atoms with E-state index in [0.717, 1.165) is 5.56 Å². The first-order valence-electron chi connectivity index (χ1n) is 7.30. The van der Waals surface area contributed by atoms with Gasteiger partial charge in [-0.1, -0.05) is 24.3 Å². The lowest BCUT2D eigenvalue weighted by molar-refractivity contribution is -0.124. The van der Waals surface area contributed by atoms with Gasteiger partial charge in [0.2, 0.25) is 5.91 Å². The van der Waals surface area contributed by atoms with E-state index in [1.807, 2.05) is 6.07 Å². The van der Waals surface area contributed by atoms with Crippen LogP contribution in [0.3, 0.4) is 0 Å². The van der Waals surface area contributed by atoms with Gasteiger partial charge in [0.15, 0.2) is 5.78 Å². The molecule has 1 atom stereocenters. The second-order valence-corrected chi connectivity index (χ2v) is 5.59. The summed E-state index contributed by atoms with van der Waals surface area (Å²) in [4.78, 5) is 25.5. The summed E-state index contributed by atoms with van der Waals surface area (Å²) in [6.07, 6.45) is 0.181. The average molecular weight is 311 g/mol. The van der Waals surface area contributed by atoms with Crippen molar-refractivity contribution in [3.05, 3.63) is 59.7 Å². The fourth-order valence-corrected chi connectivity index (χ4v) is 2.87. The maximum absolute atomic E-state index is 12.8. The van der Waals surface area contributed by atoms with Crippen molar-refractivity contribution in [2.75, 3.05) is 19.0 Å². The first-order chi connectivity index (χ1) is 11.1. The largest absolute Gasteiger partial charge is 0.497 e. The molecule has 118 valence electrons. The Labute approximate surface area is 133 Å². The Bertz CT molecular complexity index is 757. The van der Waals surface area contributed by atoms with E-state index < -0.39 is 17.9 Å². The van der Waals surface area contributed by atoms with Crippen LogP contribution in [0.2, 0.25) is 0 Å². The molecule has 0 aliphatic heterocycles. The standard InChI is InChI=1S/C18H17NO4/c1-23-14-8-7-12-10-18(11-20,16(21)15(12)9-14)17(22)19-13-5-3-2-4-6-13/h2-9,20H,10-11H2,1H3,(H,19,22). The zero-order valence-corrected chi connectivity index (χ0v) is 12.7. The number of methoxy groups -OCH3 is 1. The molecule has 0 fully saturated rings. The van der Waals surface area contributed by atoms with Crippen LogP contribution in [-0.4, -0.2) is 30.5 Å². The Morgan fingerprint density at radius 3 is 2.65 bits per heavy atom. The first-order valence-corrected chi connectivity index (χ1v) is 7.30. The van der Waals surface area contributed by atoms with Crippen molar-refractivity contribution in [2.24, 2.45) is 5.41 Å². The second-order valence-electron chi connectivity index (χ2n) is 5.59. The predicted octanol–water partition coefficient (Wildman–Crippen LogP) is 2.05. The Morgan fingerprint density at radius 1 is 1.26 bits per heavy atom. The molecule has 1 amide bonds. The minimum atomic E-state index is -1.48. The number of carbonyl (C=O) groups excluding carboxylic acids is 2. The van der Waals surface area contributed by atoms with Crippen LogP contribution >= 0.6 is 0 Å². The third kappa shape index (κ3) is 2.49. The van der Waals surface area contributed by atoms with Crippen molar-refractivity contribution in [2.45, 2.75) is 6.42 Å². The van der Waals surface area contributed by atoms with Crippen molar-refractivity contribution in [1.82, 2.24) is 0 Å². The number of hydrogen-bond acceptors (Lipinski definition) is 4. The summed E-state index contributed by atoms with van der Waals surface area (Å²) < 4.78 is 5.13. The molecular weight excluding hydrogens is 294 g/mol. The molecule has 23 heavy (non-hydrogen) atoms. The van der Waals surface area contributed by atoms with E-state index in [1.54, 1.807) is 42.5 Å². The number of para-hydroxylation sites is 1. The maximum Gasteiger partial charge on any atom is 0.241 e. The monoisotopic (exact) mass is 311 g/mol. The quantitative estimate of drug-likeness (QED) is 0.847. The van der Waals surface area contributed by atoms with Crippen LogP contribution in [0.4, 0.5) is 5.69 Å². The number of nitrogens with one attached hydrogen (secondary N) is 1. The minimum Gasteiger partial charge on any atom is -0.497 e. The van der Waals surface area contributed by atoms with Gasteiger partial charge in [0.1, 0.15) is 11.2 Å². The molecule has 0 bridgehead atoms. The van der Waals surface area contributed by atoms with Gasteiger partial charge in [-0.3, -0.25) is 9.59 Å². The fraction of sp³-hybridized carbons (Fsp3) is 0.222. The van der Waals surface area contributed by atoms with Gasteiger partial charge < -0.3 is 15.2 Å². The normalized spacial score (nSPS) is 19.3. The zero-order chi connectivity index (χ0) is 16.4. The third-order valence-corrected chi connectivity index (χ3v) is 4.22. The molecule has 2 aromatic rings. The number of anilines is 1. The van der Waals surface area contributed by atoms with E-state index in [9.17, 15) is 14.7 Å². The lowest BCUT2D eigenvalue weighted by atomic mass is 9.83. The molecule has 0 aromatic heterocycles. The molecule has 2 aromatic carbocycles. The molecule has 1 aliphatic rings. The Kier molecular flexibility index (Phi) is 3.88. The Hall–Kier alpha value is -2.66. The number of amides is 1. The van der Waals surface area contributed by atoms with Crippen LogP contribution in [0, 0.1) is 5.41 Å². The molecule has 0 heterocycles. The average Bonchev–Trinajstić information content (AvgIpc) is 2.88. The highest BCUT2D eigenvalue weighted by molar-refractivity contribution is 6.20. The summed E-state index contributed by atoms with van der Waals surface area (Å²) in [5, 5.41) is 12.5. The van der Waals surface area contributed by atoms with Gasteiger partial charge in [0, 0.05) is 11.3 Å². The van der Waals surface area contributed by atoms with Gasteiger partial charge in [-0.2, -0.15) is 0 Å². The number of Topliss-reactive ketones (excluding diaryl/α,β-unsaturated/α-hetero) is 1. The van der Waals surface area contributed by atoms with Gasteiger partial charge >= 0.3 is 0 Å². The lowest BCUT2D eigenvalue weighted by Gasteiger charge is -2.23. The van der Waals surface area contributed by atoms with E-state index >= 15 is 0 Å². The van der Waals surface area contributed by atoms with Gasteiger partial charge in [-0.25, -0.2) is 0 Å². The van der Waals surface area contributed by atoms with Gasteiger partial charge in [-0.05, 0) is 36.2 Å². The van der Waals surface area contributed by atoms with Crippen molar-refractivity contribution < 1.29 is 19.4 Å². The van der Waals surface area contributed by atoms with E-state index in [1.165, 1.54) is 7.11 Å². The van der Waals surface area contributed by atoms with Crippen LogP contribution in [0.5, 0.6) is 5.75 Å². The van der Waals surface area contributed by atoms with E-state index in [4.69, 9.17) is 4.74 Å². The zero-order valence-electron chi connectivity index (χ0n) is 12.7. The summed E-state index contributed by atoms with van der Waals surface area (Å²) in [5.74, 6) is -0.317. The third-order valence-electron chi connectivity index (χ3n) is 4.22. The maximum atomic E-state index is 12.8. The summed E-state index contributed by atoms with van der Waals surface area (Å²) >= 11 is 0. The number of rotatable bonds is 4. The van der Waals surface area contributed by atoms with Gasteiger partial charge in [-0.15, -0.1) is 0 Å². The molecule has 0 saturated heterocycles. The van der Waals surface area contributed by atoms with Crippen LogP contribution < -0.4 is 10.1 Å². The number of benzene rings is 2. The Morgan fingerprint density at radius 2 is 2.00 bits per heavy atom. The van der Waals surface area contributed by atoms with Crippen LogP contribution in [0.25, 0.3) is 0 Å². The predicted molar refractivity (Wildman–Crippen MR) is 85.6 cm³/mol. The number of fused-ring (bicyclic) bond motifs is 1. The number of hydrogen-bond donors (Lipinski definition) is 2. The van der Waals surface area contributed by atoms with Gasteiger partial charge in [0.05, 0.1) is 13.7 Å². The van der Waals surface area contributed by atoms with E-state index in [0.29, 0.717) is 17.0 Å². The molecule has 1 unspecified atom stereocenters. The molecule has 0 spiro atoms. The summed E-state index contributed by atoms with van der Waals surface area (Å²) in [6, 6.07) is 14.0. The highest BCUT2D eigenvalue weighted by Crippen LogP contribution is 2.39. The second kappa shape index (κ2) is 5.85.